The van der Waals surface area contributed by atoms with Gasteiger partial charge in [-0.3, -0.25) is 0 Å². The Morgan fingerprint density at radius 3 is 1.36 bits per heavy atom. The topological polar surface area (TPSA) is 18.5 Å². The van der Waals surface area contributed by atoms with Crippen LogP contribution in [0, 0.1) is 0 Å². The minimum atomic E-state index is -4.68. The van der Waals surface area contributed by atoms with Crippen molar-refractivity contribution >= 4 is 28.0 Å². The van der Waals surface area contributed by atoms with Gasteiger partial charge in [-0.05, 0) is 0 Å². The summed E-state index contributed by atoms with van der Waals surface area (Å²) in [6, 6.07) is 0. The molecule has 0 bridgehead atoms. The summed E-state index contributed by atoms with van der Waals surface area (Å²) >= 11 is 0. The van der Waals surface area contributed by atoms with E-state index in [2.05, 4.69) is 8.23 Å². The van der Waals surface area contributed by atoms with Gasteiger partial charge in [0.2, 0.25) is 0 Å². The molecule has 0 fully saturated rings. The van der Waals surface area contributed by atoms with Crippen LogP contribution in [0.2, 0.25) is 13.1 Å². The number of hydrogen-bond acceptors (Lipinski definition) is 2. The summed E-state index contributed by atoms with van der Waals surface area (Å²) in [4.78, 5) is 0. The molecule has 0 aromatic rings. The zero-order valence-corrected chi connectivity index (χ0v) is 8.83. The molecule has 0 rings (SSSR count). The third kappa shape index (κ3) is 10.3. The summed E-state index contributed by atoms with van der Waals surface area (Å²) in [6.45, 7) is 1.19. The summed E-state index contributed by atoms with van der Waals surface area (Å²) < 4.78 is 55.2. The number of halogens is 4. The summed E-state index contributed by atoms with van der Waals surface area (Å²) in [6.07, 6.45) is 0. The van der Waals surface area contributed by atoms with Crippen molar-refractivity contribution in [2.75, 3.05) is 0 Å². The van der Waals surface area contributed by atoms with Crippen LogP contribution in [-0.4, -0.2) is 28.0 Å². The van der Waals surface area contributed by atoms with Crippen molar-refractivity contribution in [2.45, 2.75) is 13.1 Å². The van der Waals surface area contributed by atoms with E-state index in [0.29, 0.717) is 13.1 Å². The van der Waals surface area contributed by atoms with Crippen LogP contribution >= 0.6 is 0 Å². The summed E-state index contributed by atoms with van der Waals surface area (Å²) in [5.74, 6) is 0. The maximum atomic E-state index is 11.9. The van der Waals surface area contributed by atoms with Gasteiger partial charge in [-0.15, -0.1) is 0 Å². The second kappa shape index (κ2) is 3.80. The zero-order valence-electron chi connectivity index (χ0n) is 5.83. The van der Waals surface area contributed by atoms with E-state index in [1.54, 1.807) is 0 Å². The lowest BCUT2D eigenvalue weighted by Gasteiger charge is -2.09. The lowest BCUT2D eigenvalue weighted by Crippen LogP contribution is -2.32. The van der Waals surface area contributed by atoms with Gasteiger partial charge < -0.3 is 8.23 Å². The van der Waals surface area contributed by atoms with Gasteiger partial charge in [0, 0.05) is 13.1 Å². The molecule has 11 heavy (non-hydrogen) atoms. The van der Waals surface area contributed by atoms with Gasteiger partial charge in [-0.2, -0.15) is 0 Å². The Labute approximate surface area is 66.5 Å². The molecule has 2 radical (unpaired) electrons. The first kappa shape index (κ1) is 11.3. The summed E-state index contributed by atoms with van der Waals surface area (Å²) in [5.41, 5.74) is 0. The second-order valence-corrected chi connectivity index (χ2v) is 6.93. The molecular formula is C2H6F4O2Si3. The van der Waals surface area contributed by atoms with E-state index < -0.39 is 28.0 Å². The van der Waals surface area contributed by atoms with Gasteiger partial charge >= 0.3 is 28.0 Å². The molecule has 0 aromatic carbocycles. The third-order valence-electron chi connectivity index (χ3n) is 0.442. The Balaban J connectivity index is 3.44. The molecule has 9 heteroatoms. The van der Waals surface area contributed by atoms with E-state index >= 15 is 0 Å². The molecule has 0 N–H and O–H groups in total. The molecule has 0 amide bonds. The fourth-order valence-corrected chi connectivity index (χ4v) is 1.88. The number of rotatable bonds is 4. The molecule has 0 unspecified atom stereocenters. The van der Waals surface area contributed by atoms with Crippen molar-refractivity contribution in [1.82, 2.24) is 0 Å². The molecule has 0 heterocycles. The molecule has 0 aliphatic carbocycles. The van der Waals surface area contributed by atoms with Gasteiger partial charge in [0.25, 0.3) is 0 Å². The highest BCUT2D eigenvalue weighted by Crippen LogP contribution is 2.10. The van der Waals surface area contributed by atoms with Crippen LogP contribution in [0.4, 0.5) is 16.4 Å². The Kier molecular flexibility index (Phi) is 3.90. The monoisotopic (exact) mass is 222 g/mol. The Morgan fingerprint density at radius 1 is 0.909 bits per heavy atom. The average Bonchev–Trinajstić information content (AvgIpc) is 1.55. The maximum absolute atomic E-state index is 11.9. The van der Waals surface area contributed by atoms with Crippen LogP contribution in [-0.2, 0) is 8.23 Å². The first-order valence-electron chi connectivity index (χ1n) is 2.57. The molecule has 0 aliphatic rings. The third-order valence-corrected chi connectivity index (χ3v) is 3.98. The van der Waals surface area contributed by atoms with E-state index in [9.17, 15) is 16.4 Å². The van der Waals surface area contributed by atoms with E-state index in [1.165, 1.54) is 0 Å². The Morgan fingerprint density at radius 2 is 1.18 bits per heavy atom. The predicted octanol–water partition coefficient (Wildman–Crippen LogP) is 1.57. The van der Waals surface area contributed by atoms with Gasteiger partial charge in [0.1, 0.15) is 0 Å². The molecular weight excluding hydrogens is 216 g/mol. The van der Waals surface area contributed by atoms with Gasteiger partial charge in [-0.25, -0.2) is 16.4 Å². The highest BCUT2D eigenvalue weighted by Gasteiger charge is 2.36. The standard InChI is InChI=1S/C2H6F4O2Si3/c1-10(3,4)7-9-8-11(2,5)6/h1-2H3. The second-order valence-electron chi connectivity index (χ2n) is 1.90. The molecule has 0 saturated heterocycles. The van der Waals surface area contributed by atoms with Crippen molar-refractivity contribution in [1.29, 1.82) is 0 Å². The molecule has 0 aromatic heterocycles. The highest BCUT2D eigenvalue weighted by molar-refractivity contribution is 6.67. The quantitative estimate of drug-likeness (QED) is 0.408. The molecule has 66 valence electrons. The molecule has 0 spiro atoms. The minimum Gasteiger partial charge on any atom is -0.386 e. The van der Waals surface area contributed by atoms with Crippen LogP contribution in [0.3, 0.4) is 0 Å². The SMILES string of the molecule is C[Si](F)(F)O[Si]O[Si](C)(F)F. The maximum Gasteiger partial charge on any atom is 0.565 e. The zero-order chi connectivity index (χ0) is 9.12. The van der Waals surface area contributed by atoms with Crippen LogP contribution in [0.5, 0.6) is 0 Å². The van der Waals surface area contributed by atoms with Crippen LogP contribution in [0.1, 0.15) is 0 Å². The Bertz CT molecular complexity index is 105. The fraction of sp³-hybridized carbons (Fsp3) is 1.00. The van der Waals surface area contributed by atoms with E-state index in [1.807, 2.05) is 0 Å². The van der Waals surface area contributed by atoms with Crippen LogP contribution < -0.4 is 0 Å². The first-order chi connectivity index (χ1) is 4.71. The fourth-order valence-electron chi connectivity index (χ4n) is 0.167. The van der Waals surface area contributed by atoms with Crippen LogP contribution in [0.25, 0.3) is 0 Å². The van der Waals surface area contributed by atoms with Crippen molar-refractivity contribution < 1.29 is 24.7 Å². The molecule has 0 atom stereocenters. The van der Waals surface area contributed by atoms with Gasteiger partial charge in [0.15, 0.2) is 0 Å². The summed E-state index contributed by atoms with van der Waals surface area (Å²) in [7, 11) is -10.6. The van der Waals surface area contributed by atoms with Crippen molar-refractivity contribution in [2.24, 2.45) is 0 Å². The Hall–Kier alpha value is 0.291. The van der Waals surface area contributed by atoms with Crippen LogP contribution in [0.15, 0.2) is 0 Å². The van der Waals surface area contributed by atoms with Gasteiger partial charge in [-0.1, -0.05) is 0 Å². The number of hydrogen-bond donors (Lipinski definition) is 0. The predicted molar refractivity (Wildman–Crippen MR) is 35.6 cm³/mol. The normalized spacial score (nSPS) is 13.6. The minimum absolute atomic E-state index is 0.596. The summed E-state index contributed by atoms with van der Waals surface area (Å²) in [5, 5.41) is 0. The van der Waals surface area contributed by atoms with Crippen molar-refractivity contribution in [3.8, 4) is 0 Å². The molecule has 0 saturated carbocycles. The lowest BCUT2D eigenvalue weighted by atomic mass is 11.9. The highest BCUT2D eigenvalue weighted by atomic mass is 28.5. The van der Waals surface area contributed by atoms with E-state index in [4.69, 9.17) is 0 Å². The van der Waals surface area contributed by atoms with Crippen molar-refractivity contribution in [3.05, 3.63) is 0 Å². The van der Waals surface area contributed by atoms with Gasteiger partial charge in [0.05, 0.1) is 0 Å². The largest absolute Gasteiger partial charge is 0.565 e. The smallest absolute Gasteiger partial charge is 0.386 e. The lowest BCUT2D eigenvalue weighted by molar-refractivity contribution is 0.319. The van der Waals surface area contributed by atoms with Crippen molar-refractivity contribution in [3.63, 3.8) is 0 Å². The molecule has 2 nitrogen and oxygen atoms in total. The van der Waals surface area contributed by atoms with E-state index in [0.717, 1.165) is 0 Å². The van der Waals surface area contributed by atoms with E-state index in [-0.39, 0.29) is 0 Å². The molecule has 0 aliphatic heterocycles. The first-order valence-corrected chi connectivity index (χ1v) is 7.72. The average molecular weight is 222 g/mol.